The molecule has 0 aromatic heterocycles. The highest BCUT2D eigenvalue weighted by Gasteiger charge is 2.23. The van der Waals surface area contributed by atoms with Crippen LogP contribution in [0.4, 0.5) is 15.3 Å². The molecule has 164 valence electrons. The highest BCUT2D eigenvalue weighted by molar-refractivity contribution is 5.79. The van der Waals surface area contributed by atoms with Crippen LogP contribution in [0.2, 0.25) is 0 Å². The molecule has 0 spiro atoms. The Labute approximate surface area is 174 Å². The molecule has 0 unspecified atom stereocenters. The normalized spacial score (nSPS) is 11.6. The van der Waals surface area contributed by atoms with E-state index in [1.54, 1.807) is 45.0 Å². The lowest BCUT2D eigenvalue weighted by Gasteiger charge is -2.22. The van der Waals surface area contributed by atoms with Crippen LogP contribution in [-0.4, -0.2) is 41.4 Å². The van der Waals surface area contributed by atoms with Crippen LogP contribution in [0.3, 0.4) is 0 Å². The Morgan fingerprint density at radius 1 is 1.17 bits per heavy atom. The van der Waals surface area contributed by atoms with Gasteiger partial charge in [0.15, 0.2) is 0 Å². The maximum atomic E-state index is 11.7. The van der Waals surface area contributed by atoms with Gasteiger partial charge in [0.1, 0.15) is 18.2 Å². The topological polar surface area (TPSA) is 163 Å². The number of hydrogen-bond donors (Lipinski definition) is 3. The van der Waals surface area contributed by atoms with E-state index in [1.165, 1.54) is 0 Å². The average Bonchev–Trinajstić information content (AvgIpc) is 2.65. The molecular weight excluding hydrogens is 394 g/mol. The number of carbonyl (C=O) groups is 3. The lowest BCUT2D eigenvalue weighted by molar-refractivity contribution is -0.139. The maximum Gasteiger partial charge on any atom is 0.408 e. The Bertz CT molecular complexity index is 769. The summed E-state index contributed by atoms with van der Waals surface area (Å²) in [5, 5.41) is 17.6. The van der Waals surface area contributed by atoms with Crippen LogP contribution in [0, 0.1) is 0 Å². The number of unbranched alkanes of at least 4 members (excludes halogenated alkanes) is 1. The SMILES string of the molecule is CC(C)(C)OC(=O)N[C@@H](CCCCNC(=O)OCc1ccc(N=[N+]=[N-])cc1)C(=O)O. The van der Waals surface area contributed by atoms with Crippen molar-refractivity contribution in [3.63, 3.8) is 0 Å². The molecule has 0 aliphatic carbocycles. The first-order valence-electron chi connectivity index (χ1n) is 9.37. The number of alkyl carbamates (subject to hydrolysis) is 2. The van der Waals surface area contributed by atoms with Crippen molar-refractivity contribution in [2.24, 2.45) is 5.11 Å². The molecule has 0 heterocycles. The van der Waals surface area contributed by atoms with Crippen LogP contribution in [0.25, 0.3) is 10.4 Å². The largest absolute Gasteiger partial charge is 0.480 e. The number of carboxylic acid groups (broad SMARTS) is 1. The van der Waals surface area contributed by atoms with Crippen molar-refractivity contribution in [1.82, 2.24) is 10.6 Å². The number of carboxylic acids is 1. The highest BCUT2D eigenvalue weighted by Crippen LogP contribution is 2.13. The fraction of sp³-hybridized carbons (Fsp3) is 0.526. The van der Waals surface area contributed by atoms with Crippen molar-refractivity contribution in [2.45, 2.75) is 58.3 Å². The predicted molar refractivity (Wildman–Crippen MR) is 108 cm³/mol. The Kier molecular flexibility index (Phi) is 9.98. The highest BCUT2D eigenvalue weighted by atomic mass is 16.6. The number of nitrogens with zero attached hydrogens (tertiary/aromatic N) is 3. The van der Waals surface area contributed by atoms with Gasteiger partial charge in [-0.05, 0) is 51.1 Å². The zero-order valence-corrected chi connectivity index (χ0v) is 17.3. The van der Waals surface area contributed by atoms with Gasteiger partial charge in [0, 0.05) is 17.1 Å². The monoisotopic (exact) mass is 421 g/mol. The van der Waals surface area contributed by atoms with Crippen molar-refractivity contribution < 1.29 is 29.0 Å². The molecule has 0 saturated carbocycles. The lowest BCUT2D eigenvalue weighted by Crippen LogP contribution is -2.43. The average molecular weight is 421 g/mol. The summed E-state index contributed by atoms with van der Waals surface area (Å²) in [5.74, 6) is -1.15. The Balaban J connectivity index is 2.25. The van der Waals surface area contributed by atoms with Crippen molar-refractivity contribution in [2.75, 3.05) is 6.54 Å². The molecule has 0 radical (unpaired) electrons. The smallest absolute Gasteiger partial charge is 0.408 e. The maximum absolute atomic E-state index is 11.7. The third-order valence-corrected chi connectivity index (χ3v) is 3.64. The van der Waals surface area contributed by atoms with Gasteiger partial charge in [0.05, 0.1) is 0 Å². The summed E-state index contributed by atoms with van der Waals surface area (Å²) in [6, 6.07) is 5.52. The van der Waals surface area contributed by atoms with E-state index in [4.69, 9.17) is 15.0 Å². The summed E-state index contributed by atoms with van der Waals surface area (Å²) >= 11 is 0. The molecule has 11 heteroatoms. The molecule has 1 aromatic rings. The fourth-order valence-electron chi connectivity index (χ4n) is 2.28. The Hall–Kier alpha value is -3.46. The van der Waals surface area contributed by atoms with Crippen molar-refractivity contribution in [1.29, 1.82) is 0 Å². The molecule has 1 rings (SSSR count). The standard InChI is InChI=1S/C19H27N5O6/c1-19(2,3)30-18(28)22-15(16(25)26)6-4-5-11-21-17(27)29-12-13-7-9-14(10-8-13)23-24-20/h7-10,15H,4-6,11-12H2,1-3H3,(H,21,27)(H,22,28)(H,25,26)/t15-/m0/s1. The van der Waals surface area contributed by atoms with Crippen LogP contribution < -0.4 is 10.6 Å². The van der Waals surface area contributed by atoms with Gasteiger partial charge in [-0.3, -0.25) is 0 Å². The third kappa shape index (κ3) is 10.8. The summed E-state index contributed by atoms with van der Waals surface area (Å²) in [6.45, 7) is 5.42. The van der Waals surface area contributed by atoms with Crippen molar-refractivity contribution >= 4 is 23.8 Å². The van der Waals surface area contributed by atoms with Gasteiger partial charge < -0.3 is 25.2 Å². The molecule has 0 fully saturated rings. The van der Waals surface area contributed by atoms with Gasteiger partial charge in [-0.2, -0.15) is 0 Å². The van der Waals surface area contributed by atoms with Gasteiger partial charge >= 0.3 is 18.2 Å². The molecule has 1 atom stereocenters. The minimum atomic E-state index is -1.15. The molecule has 3 N–H and O–H groups in total. The molecule has 30 heavy (non-hydrogen) atoms. The van der Waals surface area contributed by atoms with E-state index in [0.29, 0.717) is 25.1 Å². The number of azide groups is 1. The second-order valence-electron chi connectivity index (χ2n) is 7.39. The predicted octanol–water partition coefficient (Wildman–Crippen LogP) is 4.00. The second kappa shape index (κ2) is 12.2. The zero-order chi connectivity index (χ0) is 22.6. The van der Waals surface area contributed by atoms with Gasteiger partial charge in [-0.15, -0.1) is 0 Å². The van der Waals surface area contributed by atoms with Gasteiger partial charge in [0.25, 0.3) is 0 Å². The van der Waals surface area contributed by atoms with E-state index in [9.17, 15) is 19.5 Å². The molecular formula is C19H27N5O6. The van der Waals surface area contributed by atoms with Crippen molar-refractivity contribution in [3.05, 3.63) is 40.3 Å². The summed E-state index contributed by atoms with van der Waals surface area (Å²) in [5.41, 5.74) is 8.83. The van der Waals surface area contributed by atoms with E-state index in [2.05, 4.69) is 20.7 Å². The van der Waals surface area contributed by atoms with Crippen molar-refractivity contribution in [3.8, 4) is 0 Å². The van der Waals surface area contributed by atoms with E-state index in [0.717, 1.165) is 5.56 Å². The summed E-state index contributed by atoms with van der Waals surface area (Å²) in [6.07, 6.45) is -0.216. The summed E-state index contributed by atoms with van der Waals surface area (Å²) < 4.78 is 10.1. The van der Waals surface area contributed by atoms with Crippen LogP contribution in [0.1, 0.15) is 45.6 Å². The van der Waals surface area contributed by atoms with Gasteiger partial charge in [-0.25, -0.2) is 14.4 Å². The Morgan fingerprint density at radius 2 is 1.83 bits per heavy atom. The summed E-state index contributed by atoms with van der Waals surface area (Å²) in [7, 11) is 0. The number of rotatable bonds is 10. The van der Waals surface area contributed by atoms with Crippen LogP contribution in [0.15, 0.2) is 29.4 Å². The molecule has 0 aliphatic rings. The number of hydrogen-bond acceptors (Lipinski definition) is 6. The molecule has 0 aliphatic heterocycles. The first-order valence-corrected chi connectivity index (χ1v) is 9.37. The van der Waals surface area contributed by atoms with E-state index >= 15 is 0 Å². The van der Waals surface area contributed by atoms with Gasteiger partial charge in [-0.1, -0.05) is 29.4 Å². The van der Waals surface area contributed by atoms with Gasteiger partial charge in [0.2, 0.25) is 0 Å². The number of amides is 2. The lowest BCUT2D eigenvalue weighted by atomic mass is 10.1. The molecule has 11 nitrogen and oxygen atoms in total. The first kappa shape index (κ1) is 24.6. The van der Waals surface area contributed by atoms with Crippen LogP contribution in [0.5, 0.6) is 0 Å². The number of aliphatic carboxylic acids is 1. The Morgan fingerprint density at radius 3 is 2.40 bits per heavy atom. The number of nitrogens with one attached hydrogen (secondary N) is 2. The summed E-state index contributed by atoms with van der Waals surface area (Å²) in [4.78, 5) is 37.3. The molecule has 1 aromatic carbocycles. The number of benzene rings is 1. The number of carbonyl (C=O) groups excluding carboxylic acids is 2. The van der Waals surface area contributed by atoms with Crippen LogP contribution in [-0.2, 0) is 20.9 Å². The first-order chi connectivity index (χ1) is 14.1. The molecule has 0 saturated heterocycles. The van der Waals surface area contributed by atoms with E-state index < -0.39 is 29.8 Å². The molecule has 2 amide bonds. The zero-order valence-electron chi connectivity index (χ0n) is 17.3. The number of ether oxygens (including phenoxy) is 2. The van der Waals surface area contributed by atoms with E-state index in [1.807, 2.05) is 0 Å². The third-order valence-electron chi connectivity index (χ3n) is 3.64. The minimum Gasteiger partial charge on any atom is -0.480 e. The van der Waals surface area contributed by atoms with E-state index in [-0.39, 0.29) is 13.0 Å². The minimum absolute atomic E-state index is 0.0588. The quantitative estimate of drug-likeness (QED) is 0.224. The van der Waals surface area contributed by atoms with Crippen LogP contribution >= 0.6 is 0 Å². The second-order valence-corrected chi connectivity index (χ2v) is 7.39. The molecule has 0 bridgehead atoms. The fourth-order valence-corrected chi connectivity index (χ4v) is 2.28.